The van der Waals surface area contributed by atoms with E-state index in [1.807, 2.05) is 0 Å². The van der Waals surface area contributed by atoms with Crippen LogP contribution in [0.3, 0.4) is 0 Å². The van der Waals surface area contributed by atoms with Gasteiger partial charge in [-0.15, -0.1) is 0 Å². The molecule has 0 fully saturated rings. The fourth-order valence-electron chi connectivity index (χ4n) is 2.92. The van der Waals surface area contributed by atoms with E-state index in [1.165, 1.54) is 25.9 Å². The molecule has 2 aromatic carbocycles. The van der Waals surface area contributed by atoms with E-state index in [1.54, 1.807) is 42.5 Å². The first-order valence-corrected chi connectivity index (χ1v) is 9.04. The van der Waals surface area contributed by atoms with Crippen molar-refractivity contribution >= 4 is 28.3 Å². The van der Waals surface area contributed by atoms with Crippen molar-refractivity contribution in [1.29, 1.82) is 0 Å². The Balaban J connectivity index is 1.64. The van der Waals surface area contributed by atoms with Gasteiger partial charge in [-0.2, -0.15) is 5.10 Å². The second-order valence-electron chi connectivity index (χ2n) is 6.41. The molecule has 9 nitrogen and oxygen atoms in total. The van der Waals surface area contributed by atoms with Crippen LogP contribution in [0.5, 0.6) is 11.5 Å². The predicted octanol–water partition coefficient (Wildman–Crippen LogP) is 1.68. The summed E-state index contributed by atoms with van der Waals surface area (Å²) in [7, 11) is 4.51. The van der Waals surface area contributed by atoms with Crippen molar-refractivity contribution in [1.82, 2.24) is 9.78 Å². The zero-order chi connectivity index (χ0) is 21.7. The molecular formula is C21H21N3O6. The van der Waals surface area contributed by atoms with Crippen LogP contribution >= 0.6 is 0 Å². The van der Waals surface area contributed by atoms with Crippen LogP contribution in [0.15, 0.2) is 47.3 Å². The Bertz CT molecular complexity index is 1130. The van der Waals surface area contributed by atoms with Crippen LogP contribution in [0.25, 0.3) is 10.8 Å². The van der Waals surface area contributed by atoms with Gasteiger partial charge < -0.3 is 19.5 Å². The zero-order valence-corrected chi connectivity index (χ0v) is 16.8. The highest BCUT2D eigenvalue weighted by Crippen LogP contribution is 2.25. The van der Waals surface area contributed by atoms with Crippen molar-refractivity contribution in [2.45, 2.75) is 6.42 Å². The van der Waals surface area contributed by atoms with Gasteiger partial charge in [0.2, 0.25) is 0 Å². The third-order valence-electron chi connectivity index (χ3n) is 4.34. The standard InChI is InChI=1S/C21H21N3O6/c1-24-21(27)17-7-5-4-6-16(17)18(23-24)11-20(26)30-12-19(25)22-13-8-14(28-2)10-15(9-13)29-3/h4-10H,11-12H2,1-3H3,(H,22,25). The predicted molar refractivity (Wildman–Crippen MR) is 110 cm³/mol. The van der Waals surface area contributed by atoms with Crippen LogP contribution in [0.4, 0.5) is 5.69 Å². The quantitative estimate of drug-likeness (QED) is 0.589. The lowest BCUT2D eigenvalue weighted by atomic mass is 10.1. The van der Waals surface area contributed by atoms with E-state index in [2.05, 4.69) is 10.4 Å². The number of aromatic nitrogens is 2. The van der Waals surface area contributed by atoms with Crippen molar-refractivity contribution in [3.05, 3.63) is 58.5 Å². The number of methoxy groups -OCH3 is 2. The number of rotatable bonds is 7. The molecule has 1 heterocycles. The molecule has 30 heavy (non-hydrogen) atoms. The highest BCUT2D eigenvalue weighted by Gasteiger charge is 2.15. The highest BCUT2D eigenvalue weighted by atomic mass is 16.5. The lowest BCUT2D eigenvalue weighted by Gasteiger charge is -2.11. The van der Waals surface area contributed by atoms with E-state index in [0.29, 0.717) is 33.7 Å². The normalized spacial score (nSPS) is 10.5. The van der Waals surface area contributed by atoms with Gasteiger partial charge in [-0.3, -0.25) is 14.4 Å². The molecular weight excluding hydrogens is 390 g/mol. The number of fused-ring (bicyclic) bond motifs is 1. The zero-order valence-electron chi connectivity index (χ0n) is 16.8. The second kappa shape index (κ2) is 9.08. The maximum Gasteiger partial charge on any atom is 0.312 e. The van der Waals surface area contributed by atoms with E-state index in [-0.39, 0.29) is 12.0 Å². The van der Waals surface area contributed by atoms with Gasteiger partial charge in [0.25, 0.3) is 11.5 Å². The van der Waals surface area contributed by atoms with Crippen LogP contribution < -0.4 is 20.3 Å². The summed E-state index contributed by atoms with van der Waals surface area (Å²) in [6.45, 7) is -0.470. The van der Waals surface area contributed by atoms with Gasteiger partial charge in [-0.1, -0.05) is 18.2 Å². The molecule has 0 saturated heterocycles. The summed E-state index contributed by atoms with van der Waals surface area (Å²) in [6, 6.07) is 11.8. The molecule has 0 atom stereocenters. The van der Waals surface area contributed by atoms with Crippen LogP contribution in [0.1, 0.15) is 5.69 Å². The molecule has 0 spiro atoms. The molecule has 0 radical (unpaired) electrons. The summed E-state index contributed by atoms with van der Waals surface area (Å²) < 4.78 is 16.5. The van der Waals surface area contributed by atoms with Crippen LogP contribution in [0.2, 0.25) is 0 Å². The van der Waals surface area contributed by atoms with Gasteiger partial charge >= 0.3 is 5.97 Å². The first-order chi connectivity index (χ1) is 14.4. The molecule has 156 valence electrons. The number of carbonyl (C=O) groups excluding carboxylic acids is 2. The number of hydrogen-bond donors (Lipinski definition) is 1. The molecule has 0 saturated carbocycles. The smallest absolute Gasteiger partial charge is 0.312 e. The lowest BCUT2D eigenvalue weighted by molar-refractivity contribution is -0.146. The van der Waals surface area contributed by atoms with Gasteiger partial charge in [0, 0.05) is 36.3 Å². The summed E-state index contributed by atoms with van der Waals surface area (Å²) in [5.41, 5.74) is 0.587. The van der Waals surface area contributed by atoms with Gasteiger partial charge in [0.15, 0.2) is 6.61 Å². The fourth-order valence-corrected chi connectivity index (χ4v) is 2.92. The number of hydrogen-bond acceptors (Lipinski definition) is 7. The Kier molecular flexibility index (Phi) is 6.31. The number of amides is 1. The first-order valence-electron chi connectivity index (χ1n) is 9.04. The summed E-state index contributed by atoms with van der Waals surface area (Å²) in [5, 5.41) is 7.80. The Morgan fingerprint density at radius 3 is 2.30 bits per heavy atom. The Labute approximate surface area is 172 Å². The van der Waals surface area contributed by atoms with Crippen LogP contribution in [0, 0.1) is 0 Å². The van der Waals surface area contributed by atoms with E-state index in [4.69, 9.17) is 14.2 Å². The molecule has 0 aliphatic heterocycles. The van der Waals surface area contributed by atoms with Crippen molar-refractivity contribution in [3.63, 3.8) is 0 Å². The lowest BCUT2D eigenvalue weighted by Crippen LogP contribution is -2.24. The fraction of sp³-hybridized carbons (Fsp3) is 0.238. The minimum absolute atomic E-state index is 0.172. The molecule has 1 aromatic heterocycles. The molecule has 3 rings (SSSR count). The Morgan fingerprint density at radius 1 is 1.03 bits per heavy atom. The van der Waals surface area contributed by atoms with Crippen molar-refractivity contribution in [2.24, 2.45) is 7.05 Å². The first kappa shape index (κ1) is 20.8. The number of anilines is 1. The number of aryl methyl sites for hydroxylation is 1. The molecule has 1 N–H and O–H groups in total. The number of nitrogens with one attached hydrogen (secondary N) is 1. The number of benzene rings is 2. The largest absolute Gasteiger partial charge is 0.497 e. The van der Waals surface area contributed by atoms with E-state index in [9.17, 15) is 14.4 Å². The maximum absolute atomic E-state index is 12.2. The van der Waals surface area contributed by atoms with Crippen molar-refractivity contribution in [2.75, 3.05) is 26.1 Å². The van der Waals surface area contributed by atoms with Crippen LogP contribution in [-0.4, -0.2) is 42.5 Å². The van der Waals surface area contributed by atoms with Crippen molar-refractivity contribution in [3.8, 4) is 11.5 Å². The van der Waals surface area contributed by atoms with Gasteiger partial charge in [0.1, 0.15) is 11.5 Å². The summed E-state index contributed by atoms with van der Waals surface area (Å²) in [6.07, 6.45) is -0.172. The molecule has 9 heteroatoms. The van der Waals surface area contributed by atoms with E-state index >= 15 is 0 Å². The Hall–Kier alpha value is -3.88. The van der Waals surface area contributed by atoms with Crippen molar-refractivity contribution < 1.29 is 23.8 Å². The van der Waals surface area contributed by atoms with Gasteiger partial charge in [-0.05, 0) is 6.07 Å². The average Bonchev–Trinajstić information content (AvgIpc) is 2.75. The molecule has 0 unspecified atom stereocenters. The highest BCUT2D eigenvalue weighted by molar-refractivity contribution is 5.93. The second-order valence-corrected chi connectivity index (χ2v) is 6.41. The van der Waals surface area contributed by atoms with E-state index < -0.39 is 18.5 Å². The molecule has 0 aliphatic carbocycles. The summed E-state index contributed by atoms with van der Waals surface area (Å²) in [4.78, 5) is 36.5. The third-order valence-corrected chi connectivity index (χ3v) is 4.34. The minimum atomic E-state index is -0.635. The minimum Gasteiger partial charge on any atom is -0.497 e. The average molecular weight is 411 g/mol. The number of nitrogens with zero attached hydrogens (tertiary/aromatic N) is 2. The van der Waals surface area contributed by atoms with Gasteiger partial charge in [0.05, 0.1) is 31.7 Å². The monoisotopic (exact) mass is 411 g/mol. The molecule has 0 bridgehead atoms. The van der Waals surface area contributed by atoms with Crippen LogP contribution in [-0.2, 0) is 27.8 Å². The summed E-state index contributed by atoms with van der Waals surface area (Å²) >= 11 is 0. The molecule has 3 aromatic rings. The Morgan fingerprint density at radius 2 is 1.67 bits per heavy atom. The topological polar surface area (TPSA) is 109 Å². The maximum atomic E-state index is 12.2. The number of esters is 1. The third kappa shape index (κ3) is 4.75. The molecule has 1 amide bonds. The summed E-state index contributed by atoms with van der Waals surface area (Å²) in [5.74, 6) is -0.134. The van der Waals surface area contributed by atoms with E-state index in [0.717, 1.165) is 0 Å². The van der Waals surface area contributed by atoms with Gasteiger partial charge in [-0.25, -0.2) is 4.68 Å². The number of ether oxygens (including phenoxy) is 3. The molecule has 0 aliphatic rings. The SMILES string of the molecule is COc1cc(NC(=O)COC(=O)Cc2nn(C)c(=O)c3ccccc23)cc(OC)c1. The number of carbonyl (C=O) groups is 2.